The van der Waals surface area contributed by atoms with Crippen LogP contribution in [0.3, 0.4) is 0 Å². The Kier molecular flexibility index (Phi) is 4.42. The van der Waals surface area contributed by atoms with Crippen molar-refractivity contribution in [3.8, 4) is 0 Å². The first-order chi connectivity index (χ1) is 10.0. The summed E-state index contributed by atoms with van der Waals surface area (Å²) in [6, 6.07) is 0.221. The highest BCUT2D eigenvalue weighted by Gasteiger charge is 2.95. The van der Waals surface area contributed by atoms with E-state index in [1.165, 1.54) is 0 Å². The molecule has 0 bridgehead atoms. The van der Waals surface area contributed by atoms with Gasteiger partial charge in [-0.05, 0) is 25.4 Å². The first kappa shape index (κ1) is 17.8. The van der Waals surface area contributed by atoms with Crippen LogP contribution in [0.25, 0.3) is 0 Å². The molecule has 3 fully saturated rings. The molecule has 22 heavy (non-hydrogen) atoms. The lowest BCUT2D eigenvalue weighted by molar-refractivity contribution is 0.000705. The summed E-state index contributed by atoms with van der Waals surface area (Å²) in [6.07, 6.45) is 0. The molecule has 0 radical (unpaired) electrons. The zero-order chi connectivity index (χ0) is 16.4. The molecule has 0 atom stereocenters. The molecule has 0 aromatic carbocycles. The smallest absolute Gasteiger partial charge is 0.180 e. The van der Waals surface area contributed by atoms with E-state index in [9.17, 15) is 0 Å². The Bertz CT molecular complexity index is 404. The Balaban J connectivity index is 1.84. The Morgan fingerprint density at radius 1 is 0.864 bits per heavy atom. The van der Waals surface area contributed by atoms with Crippen molar-refractivity contribution in [2.45, 2.75) is 52.4 Å². The third kappa shape index (κ3) is 2.57. The molecule has 3 aliphatic heterocycles. The first-order valence-electron chi connectivity index (χ1n) is 7.85. The predicted octanol–water partition coefficient (Wildman–Crippen LogP) is 4.90. The van der Waals surface area contributed by atoms with E-state index in [4.69, 9.17) is 29.7 Å². The summed E-state index contributed by atoms with van der Waals surface area (Å²) in [6.45, 7) is 15.5. The molecular weight excluding hydrogens is 344 g/mol. The average molecular weight is 372 g/mol. The molecule has 0 N–H and O–H groups in total. The maximum Gasteiger partial charge on any atom is 0.454 e. The van der Waals surface area contributed by atoms with Crippen LogP contribution in [0.4, 0.5) is 0 Å². The summed E-state index contributed by atoms with van der Waals surface area (Å²) in [4.78, 5) is -0.297. The minimum atomic E-state index is -2.28. The molecule has 0 aromatic heterocycles. The third-order valence-corrected chi connectivity index (χ3v) is 14.0. The number of halogens is 1. The van der Waals surface area contributed by atoms with Crippen molar-refractivity contribution in [2.75, 3.05) is 26.4 Å². The summed E-state index contributed by atoms with van der Waals surface area (Å²) in [7, 11) is -4.56. The lowest BCUT2D eigenvalue weighted by atomic mass is 9.97. The topological polar surface area (TPSA) is 40.2 Å². The van der Waals surface area contributed by atoms with Crippen molar-refractivity contribution < 1.29 is 18.1 Å². The molecule has 8 heteroatoms. The van der Waals surface area contributed by atoms with Crippen LogP contribution in [0.2, 0.25) is 0 Å². The van der Waals surface area contributed by atoms with Gasteiger partial charge in [-0.25, -0.2) is 0 Å². The maximum absolute atomic E-state index is 6.80. The molecule has 3 saturated heterocycles. The predicted molar refractivity (Wildman–Crippen MR) is 91.8 cm³/mol. The van der Waals surface area contributed by atoms with Crippen molar-refractivity contribution >= 4 is 27.3 Å². The van der Waals surface area contributed by atoms with Crippen LogP contribution in [0.1, 0.15) is 41.5 Å². The second-order valence-electron chi connectivity index (χ2n) is 8.28. The molecule has 5 nitrogen and oxygen atoms in total. The van der Waals surface area contributed by atoms with Gasteiger partial charge in [0, 0.05) is 10.8 Å². The van der Waals surface area contributed by atoms with Crippen LogP contribution in [0, 0.1) is 10.8 Å². The lowest BCUT2D eigenvalue weighted by Gasteiger charge is -2.52. The van der Waals surface area contributed by atoms with Crippen LogP contribution in [0.15, 0.2) is 0 Å². The fraction of sp³-hybridized carbons (Fsp3) is 1.00. The van der Waals surface area contributed by atoms with Gasteiger partial charge in [-0.3, -0.25) is 0 Å². The van der Waals surface area contributed by atoms with Crippen LogP contribution < -0.4 is 0 Å². The largest absolute Gasteiger partial charge is 0.454 e. The van der Waals surface area contributed by atoms with Gasteiger partial charge in [-0.2, -0.15) is 18.1 Å². The van der Waals surface area contributed by atoms with E-state index in [1.807, 2.05) is 0 Å². The summed E-state index contributed by atoms with van der Waals surface area (Å²) < 4.78 is 27.2. The fourth-order valence-electron chi connectivity index (χ4n) is 2.86. The van der Waals surface area contributed by atoms with Gasteiger partial charge in [-0.15, -0.1) is 0 Å². The molecule has 0 unspecified atom stereocenters. The normalized spacial score (nSPS) is 33.3. The Morgan fingerprint density at radius 2 is 1.18 bits per heavy atom. The SMILES string of the molecule is CC(C)N1[P+]2(OCC(C)(C)CO2)C(Cl)[P+]12OCC(C)(C)CO2. The Hall–Kier alpha value is 0.950. The second kappa shape index (κ2) is 5.47. The fourth-order valence-corrected chi connectivity index (χ4v) is 14.2. The van der Waals surface area contributed by atoms with Crippen molar-refractivity contribution in [2.24, 2.45) is 10.8 Å². The number of alkyl halides is 1. The van der Waals surface area contributed by atoms with Crippen molar-refractivity contribution in [1.29, 1.82) is 0 Å². The van der Waals surface area contributed by atoms with Crippen molar-refractivity contribution in [3.63, 3.8) is 0 Å². The zero-order valence-electron chi connectivity index (χ0n) is 14.3. The molecular formula is C14H28ClNO4P2+2. The van der Waals surface area contributed by atoms with Crippen LogP contribution in [0.5, 0.6) is 0 Å². The molecule has 128 valence electrons. The van der Waals surface area contributed by atoms with Crippen LogP contribution >= 0.6 is 27.3 Å². The molecule has 2 spiro atoms. The Labute approximate surface area is 140 Å². The zero-order valence-corrected chi connectivity index (χ0v) is 16.9. The standard InChI is InChI=1S/C14H28ClNO4P2/c1-11(2)16-21(17-7-13(3,4)8-18-21)12(15)22(16)19-9-14(5,6)10-20-22/h11-12H,7-10H2,1-6H3/q+2. The van der Waals surface area contributed by atoms with E-state index in [-0.39, 0.29) is 21.7 Å². The number of nitrogens with zero attached hydrogens (tertiary/aromatic N) is 1. The molecule has 0 saturated carbocycles. The minimum absolute atomic E-state index is 0.0297. The van der Waals surface area contributed by atoms with Crippen molar-refractivity contribution in [3.05, 3.63) is 0 Å². The summed E-state index contributed by atoms with van der Waals surface area (Å²) in [5, 5.41) is 0. The third-order valence-electron chi connectivity index (χ3n) is 4.13. The van der Waals surface area contributed by atoms with Gasteiger partial charge >= 0.3 is 20.6 Å². The number of hydrogen-bond donors (Lipinski definition) is 0. The molecule has 0 aliphatic carbocycles. The quantitative estimate of drug-likeness (QED) is 0.484. The summed E-state index contributed by atoms with van der Waals surface area (Å²) in [5.41, 5.74) is 0.0595. The van der Waals surface area contributed by atoms with Gasteiger partial charge in [0.1, 0.15) is 26.4 Å². The van der Waals surface area contributed by atoms with E-state index in [0.29, 0.717) is 26.4 Å². The highest BCUT2D eigenvalue weighted by molar-refractivity contribution is 7.98. The van der Waals surface area contributed by atoms with Gasteiger partial charge in [0.15, 0.2) is 0 Å². The van der Waals surface area contributed by atoms with E-state index < -0.39 is 15.7 Å². The van der Waals surface area contributed by atoms with Crippen LogP contribution in [-0.2, 0) is 18.1 Å². The van der Waals surface area contributed by atoms with Gasteiger partial charge in [0.2, 0.25) is 0 Å². The van der Waals surface area contributed by atoms with E-state index in [0.717, 1.165) is 0 Å². The molecule has 3 heterocycles. The van der Waals surface area contributed by atoms with E-state index >= 15 is 0 Å². The maximum atomic E-state index is 6.80. The molecule has 0 amide bonds. The minimum Gasteiger partial charge on any atom is -0.180 e. The van der Waals surface area contributed by atoms with E-state index in [1.54, 1.807) is 0 Å². The molecule has 3 rings (SSSR count). The first-order valence-corrected chi connectivity index (χ1v) is 11.6. The number of hydrogen-bond acceptors (Lipinski definition) is 5. The monoisotopic (exact) mass is 371 g/mol. The summed E-state index contributed by atoms with van der Waals surface area (Å²) >= 11 is 6.80. The second-order valence-corrected chi connectivity index (χ2v) is 15.2. The Morgan fingerprint density at radius 3 is 1.45 bits per heavy atom. The van der Waals surface area contributed by atoms with Gasteiger partial charge in [0.25, 0.3) is 0 Å². The lowest BCUT2D eigenvalue weighted by Crippen LogP contribution is -2.55. The molecule has 0 aromatic rings. The van der Waals surface area contributed by atoms with Crippen molar-refractivity contribution in [1.82, 2.24) is 4.44 Å². The highest BCUT2D eigenvalue weighted by atomic mass is 35.5. The van der Waals surface area contributed by atoms with Gasteiger partial charge in [0.05, 0.1) is 10.5 Å². The highest BCUT2D eigenvalue weighted by Crippen LogP contribution is 3.02. The van der Waals surface area contributed by atoms with Gasteiger partial charge in [-0.1, -0.05) is 27.7 Å². The van der Waals surface area contributed by atoms with E-state index in [2.05, 4.69) is 46.0 Å². The van der Waals surface area contributed by atoms with Crippen LogP contribution in [-0.4, -0.2) is 41.8 Å². The summed E-state index contributed by atoms with van der Waals surface area (Å²) in [5.74, 6) is 0. The average Bonchev–Trinajstić information content (AvgIpc) is 2.41. The number of rotatable bonds is 1. The van der Waals surface area contributed by atoms with Gasteiger partial charge < -0.3 is 0 Å². The molecule has 3 aliphatic rings.